The van der Waals surface area contributed by atoms with E-state index in [4.69, 9.17) is 9.47 Å². The Hall–Kier alpha value is -3.54. The van der Waals surface area contributed by atoms with Crippen molar-refractivity contribution in [1.82, 2.24) is 10.3 Å². The lowest BCUT2D eigenvalue weighted by molar-refractivity contribution is 0.0946. The number of rotatable bonds is 7. The van der Waals surface area contributed by atoms with Gasteiger partial charge >= 0.3 is 0 Å². The minimum atomic E-state index is -0.234. The number of amides is 1. The first-order chi connectivity index (χ1) is 13.6. The van der Waals surface area contributed by atoms with E-state index < -0.39 is 0 Å². The lowest BCUT2D eigenvalue weighted by Gasteiger charge is -2.13. The summed E-state index contributed by atoms with van der Waals surface area (Å²) < 4.78 is 10.6. The summed E-state index contributed by atoms with van der Waals surface area (Å²) in [6.45, 7) is 2.47. The minimum absolute atomic E-state index is 0.234. The molecule has 0 aliphatic rings. The highest BCUT2D eigenvalue weighted by molar-refractivity contribution is 5.93. The predicted molar refractivity (Wildman–Crippen MR) is 109 cm³/mol. The van der Waals surface area contributed by atoms with Gasteiger partial charge in [-0.1, -0.05) is 29.8 Å². The Morgan fingerprint density at radius 2 is 1.89 bits per heavy atom. The van der Waals surface area contributed by atoms with Crippen LogP contribution in [0.2, 0.25) is 0 Å². The molecule has 2 N–H and O–H groups in total. The highest BCUT2D eigenvalue weighted by Gasteiger charge is 2.10. The Morgan fingerprint density at radius 1 is 1.04 bits per heavy atom. The summed E-state index contributed by atoms with van der Waals surface area (Å²) in [4.78, 5) is 16.7. The van der Waals surface area contributed by atoms with Gasteiger partial charge in [-0.15, -0.1) is 0 Å². The van der Waals surface area contributed by atoms with E-state index >= 15 is 0 Å². The third kappa shape index (κ3) is 4.79. The first-order valence-electron chi connectivity index (χ1n) is 8.88. The first-order valence-corrected chi connectivity index (χ1v) is 8.88. The zero-order valence-corrected chi connectivity index (χ0v) is 16.2. The maximum Gasteiger partial charge on any atom is 0.270 e. The van der Waals surface area contributed by atoms with Gasteiger partial charge in [0.15, 0.2) is 0 Å². The monoisotopic (exact) mass is 377 g/mol. The zero-order valence-electron chi connectivity index (χ0n) is 16.2. The van der Waals surface area contributed by atoms with E-state index in [0.29, 0.717) is 23.7 Å². The number of carbonyl (C=O) groups is 1. The second kappa shape index (κ2) is 8.90. The summed E-state index contributed by atoms with van der Waals surface area (Å²) in [5.41, 5.74) is 3.99. The molecule has 1 amide bonds. The minimum Gasteiger partial charge on any atom is -0.497 e. The number of hydrogen-bond donors (Lipinski definition) is 2. The maximum absolute atomic E-state index is 12.5. The topological polar surface area (TPSA) is 72.5 Å². The number of carbonyl (C=O) groups excluding carboxylic acids is 1. The van der Waals surface area contributed by atoms with Crippen LogP contribution in [0.25, 0.3) is 0 Å². The van der Waals surface area contributed by atoms with Crippen molar-refractivity contribution in [2.24, 2.45) is 0 Å². The molecule has 2 aromatic carbocycles. The second-order valence-electron chi connectivity index (χ2n) is 6.29. The van der Waals surface area contributed by atoms with Gasteiger partial charge in [-0.05, 0) is 36.8 Å². The predicted octanol–water partition coefficient (Wildman–Crippen LogP) is 4.08. The molecule has 6 nitrogen and oxygen atoms in total. The van der Waals surface area contributed by atoms with Crippen LogP contribution in [0.1, 0.15) is 21.6 Å². The number of methoxy groups -OCH3 is 2. The summed E-state index contributed by atoms with van der Waals surface area (Å²) in [6, 6.07) is 17.0. The van der Waals surface area contributed by atoms with E-state index in [9.17, 15) is 4.79 Å². The molecule has 144 valence electrons. The number of benzene rings is 2. The van der Waals surface area contributed by atoms with Crippen LogP contribution < -0.4 is 20.1 Å². The molecule has 0 aliphatic carbocycles. The molecule has 0 saturated carbocycles. The summed E-state index contributed by atoms with van der Waals surface area (Å²) >= 11 is 0. The molecule has 1 aromatic heterocycles. The molecule has 0 radical (unpaired) electrons. The van der Waals surface area contributed by atoms with Crippen LogP contribution in [-0.2, 0) is 6.54 Å². The molecule has 1 heterocycles. The molecule has 0 spiro atoms. The number of aryl methyl sites for hydroxylation is 1. The summed E-state index contributed by atoms with van der Waals surface area (Å²) in [6.07, 6.45) is 1.59. The quantitative estimate of drug-likeness (QED) is 0.649. The summed E-state index contributed by atoms with van der Waals surface area (Å²) in [7, 11) is 3.21. The summed E-state index contributed by atoms with van der Waals surface area (Å²) in [5, 5.41) is 6.15. The van der Waals surface area contributed by atoms with Crippen molar-refractivity contribution in [2.45, 2.75) is 13.5 Å². The van der Waals surface area contributed by atoms with Gasteiger partial charge in [0.1, 0.15) is 17.2 Å². The normalized spacial score (nSPS) is 10.2. The average molecular weight is 377 g/mol. The van der Waals surface area contributed by atoms with Gasteiger partial charge < -0.3 is 20.1 Å². The number of hydrogen-bond acceptors (Lipinski definition) is 5. The van der Waals surface area contributed by atoms with Crippen molar-refractivity contribution in [3.63, 3.8) is 0 Å². The summed E-state index contributed by atoms with van der Waals surface area (Å²) in [5.74, 6) is 1.14. The van der Waals surface area contributed by atoms with Crippen molar-refractivity contribution < 1.29 is 14.3 Å². The lowest BCUT2D eigenvalue weighted by atomic mass is 10.1. The van der Waals surface area contributed by atoms with E-state index in [1.165, 1.54) is 0 Å². The van der Waals surface area contributed by atoms with E-state index in [1.807, 2.05) is 49.4 Å². The fourth-order valence-corrected chi connectivity index (χ4v) is 2.79. The van der Waals surface area contributed by atoms with Gasteiger partial charge in [0.05, 0.1) is 19.9 Å². The molecule has 28 heavy (non-hydrogen) atoms. The Bertz CT molecular complexity index is 973. The lowest BCUT2D eigenvalue weighted by Crippen LogP contribution is -2.23. The third-order valence-electron chi connectivity index (χ3n) is 4.21. The van der Waals surface area contributed by atoms with E-state index in [2.05, 4.69) is 15.6 Å². The number of pyridine rings is 1. The van der Waals surface area contributed by atoms with Crippen molar-refractivity contribution in [3.8, 4) is 11.5 Å². The van der Waals surface area contributed by atoms with Gasteiger partial charge in [0, 0.05) is 24.5 Å². The van der Waals surface area contributed by atoms with Crippen LogP contribution in [0, 0.1) is 6.92 Å². The fraction of sp³-hybridized carbons (Fsp3) is 0.182. The van der Waals surface area contributed by atoms with Gasteiger partial charge in [0.2, 0.25) is 0 Å². The van der Waals surface area contributed by atoms with Gasteiger partial charge in [-0.3, -0.25) is 9.78 Å². The Morgan fingerprint density at radius 3 is 2.64 bits per heavy atom. The van der Waals surface area contributed by atoms with Crippen molar-refractivity contribution >= 4 is 17.3 Å². The fourth-order valence-electron chi connectivity index (χ4n) is 2.79. The van der Waals surface area contributed by atoms with Crippen molar-refractivity contribution in [3.05, 3.63) is 77.6 Å². The number of aromatic nitrogens is 1. The van der Waals surface area contributed by atoms with Gasteiger partial charge in [0.25, 0.3) is 5.91 Å². The molecule has 0 atom stereocenters. The number of nitrogens with zero attached hydrogens (tertiary/aromatic N) is 1. The molecule has 0 aliphatic heterocycles. The van der Waals surface area contributed by atoms with Crippen LogP contribution in [0.3, 0.4) is 0 Å². The Labute approximate surface area is 164 Å². The zero-order chi connectivity index (χ0) is 19.9. The van der Waals surface area contributed by atoms with Crippen LogP contribution in [0.5, 0.6) is 11.5 Å². The van der Waals surface area contributed by atoms with E-state index in [-0.39, 0.29) is 5.91 Å². The number of anilines is 2. The van der Waals surface area contributed by atoms with E-state index in [0.717, 1.165) is 22.5 Å². The highest BCUT2D eigenvalue weighted by atomic mass is 16.5. The second-order valence-corrected chi connectivity index (χ2v) is 6.29. The van der Waals surface area contributed by atoms with Crippen molar-refractivity contribution in [1.29, 1.82) is 0 Å². The molecule has 6 heteroatoms. The highest BCUT2D eigenvalue weighted by Crippen LogP contribution is 2.31. The molecule has 0 fully saturated rings. The molecule has 3 rings (SSSR count). The number of nitrogens with one attached hydrogen (secondary N) is 2. The van der Waals surface area contributed by atoms with Crippen LogP contribution >= 0.6 is 0 Å². The molecule has 3 aromatic rings. The molecular formula is C22H23N3O3. The van der Waals surface area contributed by atoms with Crippen LogP contribution in [-0.4, -0.2) is 25.1 Å². The van der Waals surface area contributed by atoms with Gasteiger partial charge in [-0.2, -0.15) is 0 Å². The Balaban J connectivity index is 1.72. The molecule has 0 bridgehead atoms. The Kier molecular flexibility index (Phi) is 6.11. The molecular weight excluding hydrogens is 354 g/mol. The van der Waals surface area contributed by atoms with Gasteiger partial charge in [-0.25, -0.2) is 0 Å². The third-order valence-corrected chi connectivity index (χ3v) is 4.21. The first kappa shape index (κ1) is 19.2. The number of ether oxygens (including phenoxy) is 2. The average Bonchev–Trinajstić information content (AvgIpc) is 2.72. The van der Waals surface area contributed by atoms with E-state index in [1.54, 1.807) is 32.5 Å². The standard InChI is InChI=1S/C22H23N3O3/c1-15-5-4-6-16(11-15)14-24-22(26)20-12-17(9-10-23-20)25-19-13-18(27-2)7-8-21(19)28-3/h4-13H,14H2,1-3H3,(H,23,25)(H,24,26). The largest absolute Gasteiger partial charge is 0.497 e. The molecule has 0 unspecified atom stereocenters. The molecule has 0 saturated heterocycles. The van der Waals surface area contributed by atoms with Crippen LogP contribution in [0.15, 0.2) is 60.8 Å². The van der Waals surface area contributed by atoms with Crippen LogP contribution in [0.4, 0.5) is 11.4 Å². The smallest absolute Gasteiger partial charge is 0.270 e. The van der Waals surface area contributed by atoms with Crippen molar-refractivity contribution in [2.75, 3.05) is 19.5 Å². The SMILES string of the molecule is COc1ccc(OC)c(Nc2ccnc(C(=O)NCc3cccc(C)c3)c2)c1. The maximum atomic E-state index is 12.5.